The van der Waals surface area contributed by atoms with Crippen LogP contribution in [0.25, 0.3) is 0 Å². The van der Waals surface area contributed by atoms with Crippen LogP contribution < -0.4 is 0 Å². The van der Waals surface area contributed by atoms with Crippen LogP contribution in [0, 0.1) is 23.7 Å². The van der Waals surface area contributed by atoms with Crippen molar-refractivity contribution in [1.82, 2.24) is 0 Å². The Bertz CT molecular complexity index is 946. The first-order valence-corrected chi connectivity index (χ1v) is 26.1. The maximum atomic E-state index is 9.76. The number of aliphatic hydroxyl groups excluding tert-OH is 2. The number of hydrogen-bond donors (Lipinski definition) is 2. The molecule has 2 aliphatic rings. The molecule has 0 saturated carbocycles. The van der Waals surface area contributed by atoms with E-state index < -0.39 is 0 Å². The molecule has 0 bridgehead atoms. The summed E-state index contributed by atoms with van der Waals surface area (Å²) in [6.07, 6.45) is -1.11. The van der Waals surface area contributed by atoms with Crippen molar-refractivity contribution in [3.8, 4) is 23.7 Å². The maximum absolute atomic E-state index is 9.76. The predicted molar refractivity (Wildman–Crippen MR) is 136 cm³/mol. The fourth-order valence-electron chi connectivity index (χ4n) is 4.15. The first kappa shape index (κ1) is 33.1. The van der Waals surface area contributed by atoms with Gasteiger partial charge in [-0.3, -0.25) is 0 Å². The van der Waals surface area contributed by atoms with Gasteiger partial charge >= 0.3 is 309 Å². The summed E-state index contributed by atoms with van der Waals surface area (Å²) >= 11 is 2.73. The molecule has 35 heavy (non-hydrogen) atoms. The zero-order valence-corrected chi connectivity index (χ0v) is 49.2. The third-order valence-corrected chi connectivity index (χ3v) is 32.1. The molecule has 2 heterocycles. The van der Waals surface area contributed by atoms with Crippen LogP contribution in [0.2, 0.25) is 10.4 Å². The Kier molecular flexibility index (Phi) is 16.0. The van der Waals surface area contributed by atoms with Crippen molar-refractivity contribution in [3.63, 3.8) is 0 Å². The van der Waals surface area contributed by atoms with Crippen molar-refractivity contribution in [2.75, 3.05) is 13.2 Å². The molecular formula is C22H23O7Tl6. The standard InChI is InChI=1S/C22H20O7.6Tl.3H/c23-12-17-8-9-18(25)20(29-17)10-6-15-3-1-14(2-4-15)5-7-16-11-19(26)22(27)21(13-24)28-16;;;;;;;;;/h1-4,8-9,11,16-24H,12-13H2;;;;;;;;;/q-3;;;;3*+1;;;/t16-,17+,18+,19-,20-,21-,22+;;;;;;;;;/m1........./s1. The summed E-state index contributed by atoms with van der Waals surface area (Å²) in [6, 6.07) is 7.88. The molecule has 10 atom stereocenters. The summed E-state index contributed by atoms with van der Waals surface area (Å²) in [4.78, 5) is 0. The first-order chi connectivity index (χ1) is 16.9. The number of benzene rings is 1. The minimum atomic E-state index is -0.384. The van der Waals surface area contributed by atoms with E-state index in [1.165, 1.54) is 0 Å². The van der Waals surface area contributed by atoms with Crippen molar-refractivity contribution in [3.05, 3.63) is 35.4 Å². The van der Waals surface area contributed by atoms with E-state index in [1.807, 2.05) is 24.3 Å². The second-order valence-corrected chi connectivity index (χ2v) is 22.6. The van der Waals surface area contributed by atoms with Gasteiger partial charge in [0.25, 0.3) is 0 Å². The van der Waals surface area contributed by atoms with E-state index in [4.69, 9.17) is 17.5 Å². The number of ether oxygens (including phenoxy) is 2. The molecule has 0 aliphatic carbocycles. The molecule has 0 spiro atoms. The Morgan fingerprint density at radius 3 is 1.66 bits per heavy atom. The van der Waals surface area contributed by atoms with E-state index in [2.05, 4.69) is 23.7 Å². The quantitative estimate of drug-likeness (QED) is 0.247. The molecule has 2 N–H and O–H groups in total. The average molecular weight is 1630 g/mol. The van der Waals surface area contributed by atoms with E-state index >= 15 is 0 Å². The van der Waals surface area contributed by atoms with Crippen molar-refractivity contribution < 1.29 is 27.7 Å². The van der Waals surface area contributed by atoms with Gasteiger partial charge in [0.2, 0.25) is 0 Å². The van der Waals surface area contributed by atoms with E-state index in [9.17, 15) is 10.2 Å². The van der Waals surface area contributed by atoms with Gasteiger partial charge in [-0.25, -0.2) is 0 Å². The first-order valence-electron chi connectivity index (χ1n) is 11.1. The Balaban J connectivity index is 1.71. The monoisotopic (exact) mass is 1630 g/mol. The van der Waals surface area contributed by atoms with Crippen molar-refractivity contribution in [1.29, 1.82) is 0 Å². The summed E-state index contributed by atoms with van der Waals surface area (Å²) in [6.45, 7) is -0.0230. The van der Waals surface area contributed by atoms with E-state index in [0.717, 1.165) is 11.1 Å². The van der Waals surface area contributed by atoms with E-state index in [0.29, 0.717) is 163 Å². The Morgan fingerprint density at radius 1 is 0.686 bits per heavy atom. The molecule has 2 fully saturated rings. The normalized spacial score (nSPS) is 36.7. The third-order valence-electron chi connectivity index (χ3n) is 6.33. The number of hydrogen-bond acceptors (Lipinski definition) is 7. The van der Waals surface area contributed by atoms with Crippen LogP contribution in [0.1, 0.15) is 11.1 Å². The fraction of sp³-hybridized carbons (Fsp3) is 0.545. The molecule has 0 aromatic heterocycles. The second-order valence-electron chi connectivity index (χ2n) is 8.47. The molecular weight excluding hydrogens is 1600 g/mol. The van der Waals surface area contributed by atoms with Gasteiger partial charge in [0.1, 0.15) is 0 Å². The van der Waals surface area contributed by atoms with Crippen LogP contribution in [0.5, 0.6) is 0 Å². The van der Waals surface area contributed by atoms with E-state index in [1.54, 1.807) is 0 Å². The van der Waals surface area contributed by atoms with Gasteiger partial charge in [0, 0.05) is 0 Å². The second kappa shape index (κ2) is 16.9. The zero-order valence-electron chi connectivity index (χ0n) is 19.3. The molecule has 0 amide bonds. The summed E-state index contributed by atoms with van der Waals surface area (Å²) in [7, 11) is 0. The van der Waals surface area contributed by atoms with Crippen molar-refractivity contribution in [2.24, 2.45) is 0 Å². The van der Waals surface area contributed by atoms with E-state index in [-0.39, 0.29) is 59.4 Å². The molecule has 2 aliphatic heterocycles. The van der Waals surface area contributed by atoms with Crippen LogP contribution >= 0.6 is 0 Å². The number of aliphatic hydroxyl groups is 2. The molecule has 1 aromatic rings. The van der Waals surface area contributed by atoms with Gasteiger partial charge in [0.15, 0.2) is 0 Å². The van der Waals surface area contributed by atoms with Crippen LogP contribution in [0.15, 0.2) is 24.3 Å². The molecule has 7 nitrogen and oxygen atoms in total. The molecule has 13 heteroatoms. The molecule has 3 rings (SSSR count). The van der Waals surface area contributed by atoms with Gasteiger partial charge in [0.05, 0.1) is 0 Å². The van der Waals surface area contributed by atoms with Crippen molar-refractivity contribution >= 4 is 156 Å². The molecule has 0 radical (unpaired) electrons. The van der Waals surface area contributed by atoms with Crippen LogP contribution in [-0.4, -0.2) is 222 Å². The SMILES string of the molecule is OC[C@H]1O[C@H](C#Cc2ccc(C#C[C@H]3O[C@H](CO)[C@@H]([O][Tl])[C@H]([O][Tl])[C@@H]3[TlH])cc2)[C@@H]([O][Tl])[C@@H]([TlH])[C@@H]1[TlH]. The van der Waals surface area contributed by atoms with Gasteiger partial charge in [-0.2, -0.15) is 0 Å². The fourth-order valence-corrected chi connectivity index (χ4v) is 21.9. The van der Waals surface area contributed by atoms with Crippen LogP contribution in [-0.2, 0) is 17.5 Å². The van der Waals surface area contributed by atoms with Gasteiger partial charge in [-0.1, -0.05) is 0 Å². The van der Waals surface area contributed by atoms with Gasteiger partial charge < -0.3 is 0 Å². The zero-order chi connectivity index (χ0) is 25.5. The summed E-state index contributed by atoms with van der Waals surface area (Å²) < 4.78 is 31.0. The third kappa shape index (κ3) is 8.79. The number of rotatable bonds is 5. The average Bonchev–Trinajstić information content (AvgIpc) is 2.88. The summed E-state index contributed by atoms with van der Waals surface area (Å²) in [5.41, 5.74) is 1.80. The predicted octanol–water partition coefficient (Wildman–Crippen LogP) is -2.62. The van der Waals surface area contributed by atoms with Gasteiger partial charge in [-0.15, -0.1) is 0 Å². The van der Waals surface area contributed by atoms with Crippen LogP contribution in [0.4, 0.5) is 0 Å². The minimum absolute atomic E-state index is 0.0135. The molecule has 0 unspecified atom stereocenters. The van der Waals surface area contributed by atoms with Crippen LogP contribution in [0.3, 0.4) is 0 Å². The molecule has 1 aromatic carbocycles. The summed E-state index contributed by atoms with van der Waals surface area (Å²) in [5, 5.41) is 19.5. The van der Waals surface area contributed by atoms with Gasteiger partial charge in [-0.05, 0) is 0 Å². The molecule has 171 valence electrons. The van der Waals surface area contributed by atoms with Crippen molar-refractivity contribution in [2.45, 2.75) is 53.2 Å². The summed E-state index contributed by atoms with van der Waals surface area (Å²) in [5.74, 6) is 13.0. The topological polar surface area (TPSA) is 86.6 Å². The molecule has 2 saturated heterocycles. The Labute approximate surface area is 303 Å². The Morgan fingerprint density at radius 2 is 1.17 bits per heavy atom. The Hall–Kier alpha value is 3.59.